The Labute approximate surface area is 481 Å². The van der Waals surface area contributed by atoms with Crippen LogP contribution in [0.1, 0.15) is 258 Å². The summed E-state index contributed by atoms with van der Waals surface area (Å²) in [5, 5.41) is 23.3. The Balaban J connectivity index is -0.000000277. The van der Waals surface area contributed by atoms with Crippen LogP contribution >= 0.6 is 48.2 Å². The molecule has 2 aliphatic heterocycles. The van der Waals surface area contributed by atoms with Crippen LogP contribution in [-0.4, -0.2) is 108 Å². The van der Waals surface area contributed by atoms with E-state index in [0.717, 1.165) is 141 Å². The molecule has 2 saturated heterocycles. The zero-order valence-corrected chi connectivity index (χ0v) is 50.1. The van der Waals surface area contributed by atoms with E-state index in [1.54, 1.807) is 0 Å². The maximum atomic E-state index is 12.0. The number of unbranched alkanes of at least 4 members (excludes halogenated alkanes) is 19. The number of likely N-dealkylation sites (tertiary alicyclic amines) is 1. The summed E-state index contributed by atoms with van der Waals surface area (Å²) in [6, 6.07) is 0. The van der Waals surface area contributed by atoms with Crippen molar-refractivity contribution < 1.29 is 53.0 Å². The molecule has 0 spiro atoms. The molecule has 0 radical (unpaired) electrons. The number of carboxylic acids is 1. The molecule has 0 unspecified atom stereocenters. The minimum atomic E-state index is -0.716. The van der Waals surface area contributed by atoms with Crippen molar-refractivity contribution in [3.63, 3.8) is 0 Å². The predicted molar refractivity (Wildman–Crippen MR) is 321 cm³/mol. The van der Waals surface area contributed by atoms with E-state index in [9.17, 15) is 33.6 Å². The van der Waals surface area contributed by atoms with E-state index in [1.165, 1.54) is 88.4 Å². The van der Waals surface area contributed by atoms with Gasteiger partial charge in [-0.1, -0.05) is 90.9 Å². The first-order valence-electron chi connectivity index (χ1n) is 28.1. The SMILES string of the molecule is CCCCCCCCC(=O)N1CCCCCC1=O.CCCCCCCCC(=O)NCCCCCC(=O)OB=S.CCCCCCCCC(=O)OB=S.NCCCCCC(=O)O.O=C1CCCCCN1.O=NB=S.OB=S. The Kier molecular flexibility index (Phi) is 77.5. The van der Waals surface area contributed by atoms with Gasteiger partial charge in [-0.15, -0.1) is 0 Å². The molecule has 0 atom stereocenters. The third-order valence-corrected chi connectivity index (χ3v) is 11.7. The van der Waals surface area contributed by atoms with Crippen molar-refractivity contribution in [3.8, 4) is 0 Å². The van der Waals surface area contributed by atoms with Gasteiger partial charge in [-0.2, -0.15) is 0 Å². The number of carbonyl (C=O) groups excluding carboxylic acids is 6. The number of nitrogens with one attached hydrogen (secondary N) is 2. The zero-order chi connectivity index (χ0) is 58.0. The Hall–Kier alpha value is -3.01. The van der Waals surface area contributed by atoms with Crippen LogP contribution in [0.5, 0.6) is 0 Å². The summed E-state index contributed by atoms with van der Waals surface area (Å²) in [5.41, 5.74) is 5.20. The number of nitroso groups, excluding NO2 is 1. The molecule has 0 saturated carbocycles. The quantitative estimate of drug-likeness (QED) is 0.0224. The summed E-state index contributed by atoms with van der Waals surface area (Å²) >= 11 is 16.6. The summed E-state index contributed by atoms with van der Waals surface area (Å²) in [7, 11) is 0. The van der Waals surface area contributed by atoms with Crippen LogP contribution in [0.4, 0.5) is 0 Å². The number of amides is 4. The van der Waals surface area contributed by atoms with E-state index in [4.69, 9.17) is 20.8 Å². The molecule has 434 valence electrons. The van der Waals surface area contributed by atoms with Crippen LogP contribution in [0, 0.1) is 4.91 Å². The van der Waals surface area contributed by atoms with Crippen molar-refractivity contribution in [2.24, 2.45) is 10.8 Å². The van der Waals surface area contributed by atoms with Gasteiger partial charge in [0.2, 0.25) is 17.7 Å². The third kappa shape index (κ3) is 75.2. The number of hydrogen-bond donors (Lipinski definition) is 5. The standard InChI is InChI=1S/C15H28BNO3S.C15H27NO2.C9H17BO2S.C6H13NO2.C6H11NO.BNOS.BHOS/c1-2-3-4-5-6-8-11-14(18)17-13-10-7-9-12-15(19)20-16-21;1-2-3-4-5-6-8-11-14(17)16-13-10-7-9-12-15(16)18;1-2-3-4-5-6-7-8-9(11)12-10-13;7-5-3-1-2-4-6(8)9;8-6-4-2-1-3-5-7-6;3-2-1-4;2-1-3/h2-13H2,1H3,(H,17,18);2-13H2,1H3;2-8H2,1H3;1-5,7H2,(H,8,9);1-5H2,(H,7,8);;2H. The number of imide groups is 1. The van der Waals surface area contributed by atoms with Crippen LogP contribution < -0.4 is 16.4 Å². The first-order valence-corrected chi connectivity index (χ1v) is 30.0. The van der Waals surface area contributed by atoms with E-state index >= 15 is 0 Å². The number of rotatable bonds is 35. The zero-order valence-electron chi connectivity index (χ0n) is 46.9. The predicted octanol–water partition coefficient (Wildman–Crippen LogP) is 11.8. The van der Waals surface area contributed by atoms with Crippen molar-refractivity contribution in [1.82, 2.24) is 15.5 Å². The van der Waals surface area contributed by atoms with Crippen LogP contribution in [0.25, 0.3) is 0 Å². The molecule has 17 nitrogen and oxygen atoms in total. The summed E-state index contributed by atoms with van der Waals surface area (Å²) in [5.74, 6) is -0.733. The fourth-order valence-electron chi connectivity index (χ4n) is 7.17. The Morgan fingerprint density at radius 2 is 1.03 bits per heavy atom. The molecule has 0 aromatic heterocycles. The molecule has 2 aliphatic rings. The van der Waals surface area contributed by atoms with Gasteiger partial charge in [0.25, 0.3) is 0 Å². The number of hydrogen-bond acceptors (Lipinski definition) is 15. The van der Waals surface area contributed by atoms with E-state index in [-0.39, 0.29) is 42.0 Å². The molecular weight excluding hydrogens is 1050 g/mol. The Bertz CT molecular complexity index is 1470. The summed E-state index contributed by atoms with van der Waals surface area (Å²) < 4.78 is 9.07. The molecule has 6 N–H and O–H groups in total. The van der Waals surface area contributed by atoms with E-state index in [1.807, 2.05) is 0 Å². The maximum absolute atomic E-state index is 12.0. The number of nitrogens with zero attached hydrogens (tertiary/aromatic N) is 2. The van der Waals surface area contributed by atoms with Crippen LogP contribution in [0.2, 0.25) is 0 Å². The Morgan fingerprint density at radius 1 is 0.605 bits per heavy atom. The molecular formula is C51H97B4N5O12S4. The van der Waals surface area contributed by atoms with Gasteiger partial charge in [0.05, 0.1) is 0 Å². The molecule has 2 fully saturated rings. The second-order valence-electron chi connectivity index (χ2n) is 18.1. The number of nitrogens with two attached hydrogens (primary N) is 1. The molecule has 0 bridgehead atoms. The number of aliphatic carboxylic acids is 1. The first kappa shape index (κ1) is 81.8. The van der Waals surface area contributed by atoms with Gasteiger partial charge in [-0.05, 0) is 51.5 Å². The normalized spacial score (nSPS) is 12.0. The summed E-state index contributed by atoms with van der Waals surface area (Å²) in [4.78, 5) is 87.8. The minimum absolute atomic E-state index is 0.0449. The van der Waals surface area contributed by atoms with Gasteiger partial charge >= 0.3 is 245 Å². The molecule has 0 aliphatic carbocycles. The van der Waals surface area contributed by atoms with E-state index in [2.05, 4.69) is 94.0 Å². The van der Waals surface area contributed by atoms with Crippen molar-refractivity contribution in [1.29, 1.82) is 0 Å². The van der Waals surface area contributed by atoms with Gasteiger partial charge in [0.1, 0.15) is 0 Å². The van der Waals surface area contributed by atoms with Crippen molar-refractivity contribution in [2.45, 2.75) is 258 Å². The van der Waals surface area contributed by atoms with Gasteiger partial charge < -0.3 is 16.2 Å². The fraction of sp³-hybridized carbons (Fsp3) is 0.863. The summed E-state index contributed by atoms with van der Waals surface area (Å²) in [6.45, 7) is 9.49. The number of carboxylic acid groups (broad SMARTS) is 1. The van der Waals surface area contributed by atoms with E-state index in [0.29, 0.717) is 58.1 Å². The molecule has 2 heterocycles. The van der Waals surface area contributed by atoms with Crippen molar-refractivity contribution in [2.75, 3.05) is 26.2 Å². The molecule has 0 aromatic rings. The van der Waals surface area contributed by atoms with Crippen LogP contribution in [0.3, 0.4) is 0 Å². The van der Waals surface area contributed by atoms with Gasteiger partial charge in [0, 0.05) is 38.8 Å². The third-order valence-electron chi connectivity index (χ3n) is 11.4. The van der Waals surface area contributed by atoms with Gasteiger partial charge in [-0.3, -0.25) is 24.1 Å². The Morgan fingerprint density at radius 3 is 1.50 bits per heavy atom. The second kappa shape index (κ2) is 72.0. The molecule has 0 aromatic carbocycles. The second-order valence-corrected chi connectivity index (χ2v) is 18.9. The molecule has 4 amide bonds. The van der Waals surface area contributed by atoms with Gasteiger partial charge in [-0.25, -0.2) is 0 Å². The fourth-order valence-corrected chi connectivity index (χ4v) is 7.38. The van der Waals surface area contributed by atoms with Crippen LogP contribution in [-0.2, 0) is 42.9 Å². The topological polar surface area (TPSA) is 261 Å². The van der Waals surface area contributed by atoms with E-state index < -0.39 is 5.97 Å². The van der Waals surface area contributed by atoms with Crippen molar-refractivity contribution in [3.05, 3.63) is 4.91 Å². The summed E-state index contributed by atoms with van der Waals surface area (Å²) in [6.07, 6.45) is 40.0. The monoisotopic (exact) mass is 1140 g/mol. The first-order chi connectivity index (χ1) is 36.8. The van der Waals surface area contributed by atoms with Gasteiger partial charge in [0.15, 0.2) is 0 Å². The molecule has 76 heavy (non-hydrogen) atoms. The number of carbonyl (C=O) groups is 7. The van der Waals surface area contributed by atoms with Crippen molar-refractivity contribution >= 4 is 115 Å². The van der Waals surface area contributed by atoms with Crippen LogP contribution in [0.15, 0.2) is 5.09 Å². The molecule has 2 rings (SSSR count). The molecule has 25 heteroatoms. The average Bonchev–Trinajstić information content (AvgIpc) is 3.79. The average molecular weight is 1140 g/mol.